The standard InChI is InChI=1S/C11H25NO3S/c1-4-12-11(5-7-13)9-16(14,15)8-6-10(2)3/h10-13H,4-9H2,1-3H3. The SMILES string of the molecule is CCNC(CCO)CS(=O)(=O)CCC(C)C. The van der Waals surface area contributed by atoms with Gasteiger partial charge < -0.3 is 10.4 Å². The van der Waals surface area contributed by atoms with Crippen LogP contribution in [0.4, 0.5) is 0 Å². The van der Waals surface area contributed by atoms with E-state index in [1.54, 1.807) is 0 Å². The minimum absolute atomic E-state index is 0.0252. The molecule has 98 valence electrons. The van der Waals surface area contributed by atoms with Crippen LogP contribution in [0.3, 0.4) is 0 Å². The van der Waals surface area contributed by atoms with E-state index in [9.17, 15) is 8.42 Å². The van der Waals surface area contributed by atoms with Crippen molar-refractivity contribution in [3.8, 4) is 0 Å². The summed E-state index contributed by atoms with van der Waals surface area (Å²) in [6.07, 6.45) is 1.20. The van der Waals surface area contributed by atoms with E-state index in [4.69, 9.17) is 5.11 Å². The number of aliphatic hydroxyl groups excluding tert-OH is 1. The Kier molecular flexibility index (Phi) is 7.97. The largest absolute Gasteiger partial charge is 0.396 e. The molecule has 16 heavy (non-hydrogen) atoms. The predicted octanol–water partition coefficient (Wildman–Crippen LogP) is 0.808. The summed E-state index contributed by atoms with van der Waals surface area (Å²) in [4.78, 5) is 0. The summed E-state index contributed by atoms with van der Waals surface area (Å²) in [6.45, 7) is 6.73. The van der Waals surface area contributed by atoms with Gasteiger partial charge in [0, 0.05) is 12.6 Å². The Balaban J connectivity index is 4.18. The Labute approximate surface area is 99.4 Å². The summed E-state index contributed by atoms with van der Waals surface area (Å²) in [7, 11) is -2.99. The molecule has 0 spiro atoms. The van der Waals surface area contributed by atoms with Gasteiger partial charge >= 0.3 is 0 Å². The average molecular weight is 251 g/mol. The van der Waals surface area contributed by atoms with Crippen molar-refractivity contribution < 1.29 is 13.5 Å². The Morgan fingerprint density at radius 3 is 2.31 bits per heavy atom. The van der Waals surface area contributed by atoms with Gasteiger partial charge in [-0.1, -0.05) is 20.8 Å². The predicted molar refractivity (Wildman–Crippen MR) is 67.3 cm³/mol. The van der Waals surface area contributed by atoms with Crippen LogP contribution in [0.5, 0.6) is 0 Å². The van der Waals surface area contributed by atoms with Gasteiger partial charge in [-0.05, 0) is 25.3 Å². The first kappa shape index (κ1) is 15.9. The highest BCUT2D eigenvalue weighted by Crippen LogP contribution is 2.06. The lowest BCUT2D eigenvalue weighted by Gasteiger charge is -2.17. The van der Waals surface area contributed by atoms with E-state index in [-0.39, 0.29) is 24.2 Å². The molecular weight excluding hydrogens is 226 g/mol. The molecule has 5 heteroatoms. The molecule has 0 fully saturated rings. The topological polar surface area (TPSA) is 66.4 Å². The first-order valence-corrected chi connectivity index (χ1v) is 7.78. The van der Waals surface area contributed by atoms with Crippen molar-refractivity contribution in [2.75, 3.05) is 24.7 Å². The molecule has 0 aromatic heterocycles. The fraction of sp³-hybridized carbons (Fsp3) is 1.00. The minimum atomic E-state index is -2.99. The zero-order valence-corrected chi connectivity index (χ0v) is 11.4. The van der Waals surface area contributed by atoms with Gasteiger partial charge in [0.25, 0.3) is 0 Å². The van der Waals surface area contributed by atoms with Crippen molar-refractivity contribution >= 4 is 9.84 Å². The number of nitrogens with one attached hydrogen (secondary N) is 1. The van der Waals surface area contributed by atoms with E-state index in [1.807, 2.05) is 20.8 Å². The molecule has 4 nitrogen and oxygen atoms in total. The van der Waals surface area contributed by atoms with Gasteiger partial charge in [-0.2, -0.15) is 0 Å². The molecule has 0 radical (unpaired) electrons. The first-order chi connectivity index (χ1) is 7.41. The van der Waals surface area contributed by atoms with E-state index < -0.39 is 9.84 Å². The molecular formula is C11H25NO3S. The maximum atomic E-state index is 11.8. The average Bonchev–Trinajstić information content (AvgIpc) is 2.15. The summed E-state index contributed by atoms with van der Waals surface area (Å²) in [6, 6.07) is -0.118. The number of sulfone groups is 1. The molecule has 1 atom stereocenters. The summed E-state index contributed by atoms with van der Waals surface area (Å²) < 4.78 is 23.5. The normalized spacial score (nSPS) is 14.3. The highest BCUT2D eigenvalue weighted by Gasteiger charge is 2.18. The van der Waals surface area contributed by atoms with Crippen LogP contribution in [0, 0.1) is 5.92 Å². The quantitative estimate of drug-likeness (QED) is 0.636. The van der Waals surface area contributed by atoms with Gasteiger partial charge in [-0.3, -0.25) is 0 Å². The Hall–Kier alpha value is -0.130. The first-order valence-electron chi connectivity index (χ1n) is 5.96. The fourth-order valence-corrected chi connectivity index (χ4v) is 3.39. The van der Waals surface area contributed by atoms with Crippen molar-refractivity contribution in [3.63, 3.8) is 0 Å². The molecule has 0 aromatic rings. The van der Waals surface area contributed by atoms with E-state index >= 15 is 0 Å². The molecule has 2 N–H and O–H groups in total. The van der Waals surface area contributed by atoms with Gasteiger partial charge in [0.05, 0.1) is 11.5 Å². The lowest BCUT2D eigenvalue weighted by Crippen LogP contribution is -2.37. The number of hydrogen-bond acceptors (Lipinski definition) is 4. The van der Waals surface area contributed by atoms with Crippen LogP contribution in [0.25, 0.3) is 0 Å². The summed E-state index contributed by atoms with van der Waals surface area (Å²) >= 11 is 0. The maximum absolute atomic E-state index is 11.8. The molecule has 0 amide bonds. The smallest absolute Gasteiger partial charge is 0.151 e. The molecule has 0 saturated heterocycles. The molecule has 0 aliphatic carbocycles. The fourth-order valence-electron chi connectivity index (χ4n) is 1.49. The van der Waals surface area contributed by atoms with Gasteiger partial charge in [-0.25, -0.2) is 8.42 Å². The third-order valence-electron chi connectivity index (χ3n) is 2.43. The zero-order valence-electron chi connectivity index (χ0n) is 10.6. The van der Waals surface area contributed by atoms with Crippen molar-refractivity contribution in [1.82, 2.24) is 5.32 Å². The van der Waals surface area contributed by atoms with E-state index in [0.717, 1.165) is 6.54 Å². The van der Waals surface area contributed by atoms with Crippen LogP contribution in [0.1, 0.15) is 33.6 Å². The van der Waals surface area contributed by atoms with E-state index in [0.29, 0.717) is 18.8 Å². The van der Waals surface area contributed by atoms with Crippen LogP contribution in [0.15, 0.2) is 0 Å². The summed E-state index contributed by atoms with van der Waals surface area (Å²) in [5, 5.41) is 11.9. The Morgan fingerprint density at radius 2 is 1.88 bits per heavy atom. The minimum Gasteiger partial charge on any atom is -0.396 e. The Bertz CT molecular complexity index is 256. The molecule has 0 saturated carbocycles. The van der Waals surface area contributed by atoms with Gasteiger partial charge in [0.15, 0.2) is 9.84 Å². The number of rotatable bonds is 9. The summed E-state index contributed by atoms with van der Waals surface area (Å²) in [5.74, 6) is 0.789. The zero-order chi connectivity index (χ0) is 12.6. The molecule has 0 bridgehead atoms. The second-order valence-corrected chi connectivity index (χ2v) is 6.79. The third-order valence-corrected chi connectivity index (χ3v) is 4.20. The third kappa shape index (κ3) is 8.07. The lowest BCUT2D eigenvalue weighted by molar-refractivity contribution is 0.270. The van der Waals surface area contributed by atoms with Crippen molar-refractivity contribution in [2.24, 2.45) is 5.92 Å². The Morgan fingerprint density at radius 1 is 1.25 bits per heavy atom. The molecule has 0 aromatic carbocycles. The highest BCUT2D eigenvalue weighted by atomic mass is 32.2. The maximum Gasteiger partial charge on any atom is 0.151 e. The summed E-state index contributed by atoms with van der Waals surface area (Å²) in [5.41, 5.74) is 0. The molecule has 0 rings (SSSR count). The lowest BCUT2D eigenvalue weighted by atomic mass is 10.2. The van der Waals surface area contributed by atoms with Crippen molar-refractivity contribution in [1.29, 1.82) is 0 Å². The molecule has 0 aliphatic heterocycles. The molecule has 0 heterocycles. The number of hydrogen-bond donors (Lipinski definition) is 2. The van der Waals surface area contributed by atoms with Gasteiger partial charge in [-0.15, -0.1) is 0 Å². The highest BCUT2D eigenvalue weighted by molar-refractivity contribution is 7.91. The van der Waals surface area contributed by atoms with Crippen LogP contribution in [-0.2, 0) is 9.84 Å². The molecule has 1 unspecified atom stereocenters. The van der Waals surface area contributed by atoms with Crippen LogP contribution in [0.2, 0.25) is 0 Å². The van der Waals surface area contributed by atoms with Crippen LogP contribution < -0.4 is 5.32 Å². The van der Waals surface area contributed by atoms with E-state index in [1.165, 1.54) is 0 Å². The molecule has 0 aliphatic rings. The number of aliphatic hydroxyl groups is 1. The van der Waals surface area contributed by atoms with Crippen molar-refractivity contribution in [3.05, 3.63) is 0 Å². The van der Waals surface area contributed by atoms with Gasteiger partial charge in [0.1, 0.15) is 0 Å². The van der Waals surface area contributed by atoms with Gasteiger partial charge in [0.2, 0.25) is 0 Å². The second-order valence-electron chi connectivity index (χ2n) is 4.56. The second kappa shape index (κ2) is 8.03. The monoisotopic (exact) mass is 251 g/mol. The van der Waals surface area contributed by atoms with Crippen molar-refractivity contribution in [2.45, 2.75) is 39.7 Å². The van der Waals surface area contributed by atoms with Crippen LogP contribution in [-0.4, -0.2) is 44.2 Å². The van der Waals surface area contributed by atoms with E-state index in [2.05, 4.69) is 5.32 Å². The van der Waals surface area contributed by atoms with Crippen LogP contribution >= 0.6 is 0 Å².